The molecule has 0 aliphatic rings. The van der Waals surface area contributed by atoms with Crippen LogP contribution in [0.1, 0.15) is 0 Å². The molecule has 1 aromatic heterocycles. The predicted octanol–water partition coefficient (Wildman–Crippen LogP) is 4.38. The number of urea groups is 1. The van der Waals surface area contributed by atoms with Crippen molar-refractivity contribution in [1.82, 2.24) is 9.97 Å². The molecule has 37 heavy (non-hydrogen) atoms. The van der Waals surface area contributed by atoms with Gasteiger partial charge in [-0.1, -0.05) is 0 Å². The molecule has 0 saturated carbocycles. The molecule has 0 fully saturated rings. The molecule has 2 rings (SSSR count). The summed E-state index contributed by atoms with van der Waals surface area (Å²) in [6.45, 7) is -4.94. The van der Waals surface area contributed by atoms with Gasteiger partial charge in [0, 0.05) is 5.69 Å². The zero-order valence-corrected chi connectivity index (χ0v) is 17.7. The molecule has 204 valence electrons. The molecule has 0 bridgehead atoms. The highest BCUT2D eigenvalue weighted by molar-refractivity contribution is 6.03. The van der Waals surface area contributed by atoms with Crippen molar-refractivity contribution < 1.29 is 68.4 Å². The van der Waals surface area contributed by atoms with Crippen molar-refractivity contribution in [3.63, 3.8) is 0 Å². The van der Waals surface area contributed by atoms with Crippen molar-refractivity contribution in [2.45, 2.75) is 18.7 Å². The summed E-state index contributed by atoms with van der Waals surface area (Å²) in [5.74, 6) is -5.19. The number of carboxylic acid groups (broad SMARTS) is 1. The monoisotopic (exact) mass is 552 g/mol. The topological polar surface area (TPSA) is 123 Å². The zero-order chi connectivity index (χ0) is 28.0. The van der Waals surface area contributed by atoms with E-state index < -0.39 is 73.9 Å². The first-order valence-electron chi connectivity index (χ1n) is 9.34. The molecule has 2 amide bonds. The van der Waals surface area contributed by atoms with Crippen LogP contribution in [0.25, 0.3) is 0 Å². The van der Waals surface area contributed by atoms with Crippen LogP contribution in [0, 0.1) is 0 Å². The van der Waals surface area contributed by atoms with Gasteiger partial charge < -0.3 is 19.3 Å². The number of nitrogens with one attached hydrogen (secondary N) is 1. The summed E-state index contributed by atoms with van der Waals surface area (Å²) in [6.07, 6.45) is -14.8. The number of carbonyl (C=O) groups excluding carboxylic acids is 1. The highest BCUT2D eigenvalue weighted by atomic mass is 19.4. The van der Waals surface area contributed by atoms with Crippen LogP contribution in [0.2, 0.25) is 0 Å². The highest BCUT2D eigenvalue weighted by Gasteiger charge is 2.32. The summed E-state index contributed by atoms with van der Waals surface area (Å²) in [5.41, 5.74) is -0.299. The lowest BCUT2D eigenvalue weighted by Gasteiger charge is -2.21. The first kappa shape index (κ1) is 29.0. The maximum atomic E-state index is 12.6. The average Bonchev–Trinajstić information content (AvgIpc) is 2.73. The van der Waals surface area contributed by atoms with Crippen LogP contribution in [0.4, 0.5) is 55.9 Å². The average molecular weight is 552 g/mol. The second-order valence-corrected chi connectivity index (χ2v) is 6.63. The molecular weight excluding hydrogens is 539 g/mol. The van der Waals surface area contributed by atoms with Crippen molar-refractivity contribution in [2.75, 3.05) is 30.0 Å². The van der Waals surface area contributed by atoms with Gasteiger partial charge in [0.15, 0.2) is 13.2 Å². The summed E-state index contributed by atoms with van der Waals surface area (Å²) in [5, 5.41) is 10.9. The van der Waals surface area contributed by atoms with Crippen molar-refractivity contribution in [2.24, 2.45) is 0 Å². The number of amides is 2. The van der Waals surface area contributed by atoms with Gasteiger partial charge in [0.1, 0.15) is 12.3 Å². The number of hydrogen-bond donors (Lipinski definition) is 2. The number of ether oxygens (including phenoxy) is 3. The van der Waals surface area contributed by atoms with E-state index in [9.17, 15) is 49.1 Å². The number of carboxylic acids is 1. The summed E-state index contributed by atoms with van der Waals surface area (Å²) in [7, 11) is 0. The molecule has 1 heterocycles. The van der Waals surface area contributed by atoms with E-state index in [1.807, 2.05) is 5.32 Å². The van der Waals surface area contributed by atoms with E-state index in [0.29, 0.717) is 11.0 Å². The van der Waals surface area contributed by atoms with Gasteiger partial charge >= 0.3 is 30.7 Å². The fraction of sp³-hybridized carbons (Fsp3) is 0.333. The zero-order valence-electron chi connectivity index (χ0n) is 17.7. The molecule has 0 unspecified atom stereocenters. The Kier molecular flexibility index (Phi) is 8.83. The van der Waals surface area contributed by atoms with Gasteiger partial charge in [0.25, 0.3) is 0 Å². The van der Waals surface area contributed by atoms with E-state index >= 15 is 0 Å². The molecule has 0 saturated heterocycles. The van der Waals surface area contributed by atoms with E-state index in [0.717, 1.165) is 24.3 Å². The number of aliphatic carboxylic acids is 1. The Morgan fingerprint density at radius 2 is 1.35 bits per heavy atom. The summed E-state index contributed by atoms with van der Waals surface area (Å²) in [6, 6.07) is 2.31. The van der Waals surface area contributed by atoms with Crippen molar-refractivity contribution in [3.8, 4) is 17.5 Å². The van der Waals surface area contributed by atoms with Crippen LogP contribution in [0.5, 0.6) is 17.5 Å². The maximum Gasteiger partial charge on any atom is 0.573 e. The quantitative estimate of drug-likeness (QED) is 0.440. The minimum atomic E-state index is -5.04. The van der Waals surface area contributed by atoms with Crippen LogP contribution in [-0.4, -0.2) is 65.5 Å². The lowest BCUT2D eigenvalue weighted by molar-refractivity contribution is -0.274. The number of aromatic nitrogens is 2. The van der Waals surface area contributed by atoms with E-state index in [1.54, 1.807) is 0 Å². The Hall–Kier alpha value is -4.19. The molecular formula is C18H13F9N4O6. The number of halogens is 9. The lowest BCUT2D eigenvalue weighted by Crippen LogP contribution is -2.39. The van der Waals surface area contributed by atoms with Gasteiger partial charge in [-0.3, -0.25) is 15.0 Å². The number of alkyl halides is 9. The molecule has 1 aromatic carbocycles. The van der Waals surface area contributed by atoms with Gasteiger partial charge in [0.2, 0.25) is 17.7 Å². The summed E-state index contributed by atoms with van der Waals surface area (Å²) < 4.78 is 124. The highest BCUT2D eigenvalue weighted by Crippen LogP contribution is 2.27. The van der Waals surface area contributed by atoms with Crippen LogP contribution >= 0.6 is 0 Å². The molecule has 2 aromatic rings. The SMILES string of the molecule is O=C(O)CN(C(=O)Nc1nc(OCC(F)(F)F)cc(OCC(F)(F)F)n1)c1ccc(OC(F)(F)F)cc1. The first-order valence-corrected chi connectivity index (χ1v) is 9.34. The van der Waals surface area contributed by atoms with Gasteiger partial charge in [-0.2, -0.15) is 36.3 Å². The van der Waals surface area contributed by atoms with Crippen molar-refractivity contribution in [1.29, 1.82) is 0 Å². The molecule has 19 heteroatoms. The molecule has 2 N–H and O–H groups in total. The van der Waals surface area contributed by atoms with Crippen LogP contribution in [-0.2, 0) is 4.79 Å². The number of nitrogens with zero attached hydrogens (tertiary/aromatic N) is 3. The second-order valence-electron chi connectivity index (χ2n) is 6.63. The number of benzene rings is 1. The van der Waals surface area contributed by atoms with Gasteiger partial charge in [-0.15, -0.1) is 13.2 Å². The lowest BCUT2D eigenvalue weighted by atomic mass is 10.2. The molecule has 0 atom stereocenters. The van der Waals surface area contributed by atoms with Gasteiger partial charge in [-0.25, -0.2) is 4.79 Å². The fourth-order valence-electron chi connectivity index (χ4n) is 2.33. The van der Waals surface area contributed by atoms with Crippen LogP contribution < -0.4 is 24.4 Å². The number of carbonyl (C=O) groups is 2. The minimum absolute atomic E-state index is 0.299. The van der Waals surface area contributed by atoms with Crippen molar-refractivity contribution in [3.05, 3.63) is 30.3 Å². The van der Waals surface area contributed by atoms with E-state index in [-0.39, 0.29) is 5.69 Å². The Bertz CT molecular complexity index is 1050. The van der Waals surface area contributed by atoms with Crippen LogP contribution in [0.15, 0.2) is 30.3 Å². The molecule has 0 radical (unpaired) electrons. The Morgan fingerprint density at radius 3 is 1.76 bits per heavy atom. The summed E-state index contributed by atoms with van der Waals surface area (Å²) in [4.78, 5) is 31.0. The first-order chi connectivity index (χ1) is 16.9. The van der Waals surface area contributed by atoms with Crippen LogP contribution in [0.3, 0.4) is 0 Å². The summed E-state index contributed by atoms with van der Waals surface area (Å²) >= 11 is 0. The predicted molar refractivity (Wildman–Crippen MR) is 102 cm³/mol. The molecule has 0 aliphatic carbocycles. The fourth-order valence-corrected chi connectivity index (χ4v) is 2.33. The standard InChI is InChI=1S/C18H13F9N4O6/c19-16(20,21)7-35-11-5-12(36-8-17(22,23)24)29-14(28-11)30-15(34)31(6-13(32)33)9-1-3-10(4-2-9)37-18(25,26)27/h1-5H,6-8H2,(H,32,33)(H,28,29,30,34). The third kappa shape index (κ3) is 10.9. The number of anilines is 2. The third-order valence-electron chi connectivity index (χ3n) is 3.59. The maximum absolute atomic E-state index is 12.6. The second kappa shape index (κ2) is 11.2. The molecule has 10 nitrogen and oxygen atoms in total. The van der Waals surface area contributed by atoms with E-state index in [1.165, 1.54) is 0 Å². The molecule has 0 aliphatic heterocycles. The Morgan fingerprint density at radius 1 is 0.865 bits per heavy atom. The normalized spacial score (nSPS) is 12.0. The van der Waals surface area contributed by atoms with Gasteiger partial charge in [-0.05, 0) is 24.3 Å². The number of hydrogen-bond acceptors (Lipinski definition) is 7. The minimum Gasteiger partial charge on any atom is -0.480 e. The smallest absolute Gasteiger partial charge is 0.480 e. The third-order valence-corrected chi connectivity index (χ3v) is 3.59. The van der Waals surface area contributed by atoms with E-state index in [2.05, 4.69) is 24.2 Å². The van der Waals surface area contributed by atoms with E-state index in [4.69, 9.17) is 5.11 Å². The largest absolute Gasteiger partial charge is 0.573 e. The molecule has 0 spiro atoms. The van der Waals surface area contributed by atoms with Gasteiger partial charge in [0.05, 0.1) is 6.07 Å². The van der Waals surface area contributed by atoms with Crippen molar-refractivity contribution >= 4 is 23.6 Å². The number of rotatable bonds is 9. The Balaban J connectivity index is 2.31. The Labute approximate surface area is 199 Å².